The first-order valence-corrected chi connectivity index (χ1v) is 5.80. The number of rotatable bonds is 4. The maximum absolute atomic E-state index is 11.4. The SMILES string of the molecule is Cc1cccc(CS(=O)/C=C/C(=O)O)c1. The van der Waals surface area contributed by atoms with E-state index in [0.29, 0.717) is 5.75 Å². The van der Waals surface area contributed by atoms with Crippen LogP contribution in [0.25, 0.3) is 0 Å². The lowest BCUT2D eigenvalue weighted by molar-refractivity contribution is -0.131. The zero-order valence-corrected chi connectivity index (χ0v) is 9.16. The van der Waals surface area contributed by atoms with Gasteiger partial charge in [-0.25, -0.2) is 4.79 Å². The van der Waals surface area contributed by atoms with Crippen molar-refractivity contribution in [2.75, 3.05) is 0 Å². The van der Waals surface area contributed by atoms with Gasteiger partial charge in [-0.1, -0.05) is 29.8 Å². The first kappa shape index (κ1) is 11.7. The molecule has 0 bridgehead atoms. The fourth-order valence-corrected chi connectivity index (χ4v) is 2.02. The number of hydrogen-bond donors (Lipinski definition) is 1. The van der Waals surface area contributed by atoms with Crippen molar-refractivity contribution in [3.63, 3.8) is 0 Å². The average Bonchev–Trinajstić information content (AvgIpc) is 2.15. The summed E-state index contributed by atoms with van der Waals surface area (Å²) in [6, 6.07) is 7.66. The summed E-state index contributed by atoms with van der Waals surface area (Å²) in [5.74, 6) is -0.724. The molecule has 1 unspecified atom stereocenters. The molecule has 3 nitrogen and oxygen atoms in total. The summed E-state index contributed by atoms with van der Waals surface area (Å²) in [5, 5.41) is 9.55. The van der Waals surface area contributed by atoms with E-state index in [0.717, 1.165) is 17.2 Å². The van der Waals surface area contributed by atoms with Crippen molar-refractivity contribution < 1.29 is 14.1 Å². The molecule has 0 radical (unpaired) electrons. The molecular weight excluding hydrogens is 212 g/mol. The Morgan fingerprint density at radius 2 is 2.27 bits per heavy atom. The topological polar surface area (TPSA) is 54.4 Å². The molecule has 1 aromatic rings. The minimum Gasteiger partial charge on any atom is -0.478 e. The molecule has 0 amide bonds. The smallest absolute Gasteiger partial charge is 0.328 e. The highest BCUT2D eigenvalue weighted by molar-refractivity contribution is 7.87. The fraction of sp³-hybridized carbons (Fsp3) is 0.182. The molecule has 0 saturated carbocycles. The Morgan fingerprint density at radius 3 is 2.87 bits per heavy atom. The van der Waals surface area contributed by atoms with Gasteiger partial charge in [-0.3, -0.25) is 4.21 Å². The van der Waals surface area contributed by atoms with E-state index < -0.39 is 16.8 Å². The van der Waals surface area contributed by atoms with E-state index in [2.05, 4.69) is 0 Å². The molecule has 80 valence electrons. The van der Waals surface area contributed by atoms with Gasteiger partial charge in [0, 0.05) is 11.5 Å². The molecular formula is C11H12O3S. The van der Waals surface area contributed by atoms with E-state index in [1.165, 1.54) is 5.41 Å². The molecule has 0 heterocycles. The van der Waals surface area contributed by atoms with E-state index in [9.17, 15) is 9.00 Å². The van der Waals surface area contributed by atoms with E-state index >= 15 is 0 Å². The normalized spacial score (nSPS) is 12.9. The highest BCUT2D eigenvalue weighted by Gasteiger charge is 1.98. The lowest BCUT2D eigenvalue weighted by Gasteiger charge is -1.99. The van der Waals surface area contributed by atoms with E-state index in [1.54, 1.807) is 0 Å². The third-order valence-corrected chi connectivity index (χ3v) is 2.81. The summed E-state index contributed by atoms with van der Waals surface area (Å²) in [7, 11) is -1.26. The van der Waals surface area contributed by atoms with Gasteiger partial charge in [0.15, 0.2) is 0 Å². The van der Waals surface area contributed by atoms with Crippen LogP contribution in [0.1, 0.15) is 11.1 Å². The molecule has 4 heteroatoms. The van der Waals surface area contributed by atoms with Crippen molar-refractivity contribution in [2.24, 2.45) is 0 Å². The largest absolute Gasteiger partial charge is 0.478 e. The Hall–Kier alpha value is -1.42. The Morgan fingerprint density at radius 1 is 1.53 bits per heavy atom. The zero-order chi connectivity index (χ0) is 11.3. The molecule has 0 aliphatic rings. The molecule has 0 fully saturated rings. The van der Waals surface area contributed by atoms with Crippen molar-refractivity contribution >= 4 is 16.8 Å². The highest BCUT2D eigenvalue weighted by Crippen LogP contribution is 2.07. The van der Waals surface area contributed by atoms with Crippen LogP contribution in [0.15, 0.2) is 35.7 Å². The molecule has 1 atom stereocenters. The second kappa shape index (κ2) is 5.46. The number of aryl methyl sites for hydroxylation is 1. The molecule has 1 N–H and O–H groups in total. The average molecular weight is 224 g/mol. The monoisotopic (exact) mass is 224 g/mol. The summed E-state index contributed by atoms with van der Waals surface area (Å²) in [6.07, 6.45) is 0.909. The third kappa shape index (κ3) is 4.56. The summed E-state index contributed by atoms with van der Waals surface area (Å²) in [6.45, 7) is 1.96. The van der Waals surface area contributed by atoms with Crippen LogP contribution in [-0.4, -0.2) is 15.3 Å². The molecule has 0 aliphatic carbocycles. The van der Waals surface area contributed by atoms with Gasteiger partial charge in [-0.15, -0.1) is 0 Å². The van der Waals surface area contributed by atoms with Gasteiger partial charge in [0.1, 0.15) is 0 Å². The second-order valence-corrected chi connectivity index (χ2v) is 4.48. The predicted octanol–water partition coefficient (Wildman–Crippen LogP) is 1.84. The summed E-state index contributed by atoms with van der Waals surface area (Å²) >= 11 is 0. The van der Waals surface area contributed by atoms with E-state index in [-0.39, 0.29) is 0 Å². The molecule has 0 aliphatic heterocycles. The minimum atomic E-state index is -1.26. The molecule has 1 aromatic carbocycles. The molecule has 1 rings (SSSR count). The van der Waals surface area contributed by atoms with E-state index in [4.69, 9.17) is 5.11 Å². The lowest BCUT2D eigenvalue weighted by Crippen LogP contribution is -1.94. The maximum Gasteiger partial charge on any atom is 0.328 e. The van der Waals surface area contributed by atoms with Gasteiger partial charge in [-0.05, 0) is 12.5 Å². The number of hydrogen-bond acceptors (Lipinski definition) is 2. The molecule has 0 saturated heterocycles. The van der Waals surface area contributed by atoms with Crippen molar-refractivity contribution in [3.8, 4) is 0 Å². The van der Waals surface area contributed by atoms with Crippen molar-refractivity contribution in [3.05, 3.63) is 46.9 Å². The maximum atomic E-state index is 11.4. The van der Waals surface area contributed by atoms with Crippen LogP contribution in [-0.2, 0) is 21.3 Å². The molecule has 0 aromatic heterocycles. The second-order valence-electron chi connectivity index (χ2n) is 3.16. The highest BCUT2D eigenvalue weighted by atomic mass is 32.2. The summed E-state index contributed by atoms with van der Waals surface area (Å²) in [5.41, 5.74) is 2.05. The standard InChI is InChI=1S/C11H12O3S/c1-9-3-2-4-10(7-9)8-15(14)6-5-11(12)13/h2-7H,8H2,1H3,(H,12,13)/b6-5+. The Balaban J connectivity index is 2.63. The summed E-state index contributed by atoms with van der Waals surface area (Å²) in [4.78, 5) is 10.2. The van der Waals surface area contributed by atoms with Crippen LogP contribution in [0.3, 0.4) is 0 Å². The van der Waals surface area contributed by atoms with Crippen LogP contribution in [0, 0.1) is 6.92 Å². The first-order chi connectivity index (χ1) is 7.08. The van der Waals surface area contributed by atoms with E-state index in [1.807, 2.05) is 31.2 Å². The van der Waals surface area contributed by atoms with Crippen LogP contribution in [0.4, 0.5) is 0 Å². The van der Waals surface area contributed by atoms with Crippen LogP contribution < -0.4 is 0 Å². The van der Waals surface area contributed by atoms with Gasteiger partial charge >= 0.3 is 5.97 Å². The van der Waals surface area contributed by atoms with Gasteiger partial charge in [0.05, 0.1) is 16.6 Å². The zero-order valence-electron chi connectivity index (χ0n) is 8.34. The Bertz CT molecular complexity index is 410. The van der Waals surface area contributed by atoms with Crippen molar-refractivity contribution in [1.82, 2.24) is 0 Å². The van der Waals surface area contributed by atoms with Crippen molar-refractivity contribution in [2.45, 2.75) is 12.7 Å². The number of aliphatic carboxylic acids is 1. The van der Waals surface area contributed by atoms with Crippen LogP contribution in [0.5, 0.6) is 0 Å². The third-order valence-electron chi connectivity index (χ3n) is 1.75. The number of carboxylic acid groups (broad SMARTS) is 1. The van der Waals surface area contributed by atoms with Gasteiger partial charge < -0.3 is 5.11 Å². The van der Waals surface area contributed by atoms with Crippen LogP contribution in [0.2, 0.25) is 0 Å². The van der Waals surface area contributed by atoms with Gasteiger partial charge in [-0.2, -0.15) is 0 Å². The summed E-state index contributed by atoms with van der Waals surface area (Å²) < 4.78 is 11.4. The molecule has 15 heavy (non-hydrogen) atoms. The van der Waals surface area contributed by atoms with Gasteiger partial charge in [0.25, 0.3) is 0 Å². The fourth-order valence-electron chi connectivity index (χ4n) is 1.15. The quantitative estimate of drug-likeness (QED) is 0.794. The Kier molecular flexibility index (Phi) is 4.24. The van der Waals surface area contributed by atoms with Crippen LogP contribution >= 0.6 is 0 Å². The lowest BCUT2D eigenvalue weighted by atomic mass is 10.2. The number of benzene rings is 1. The number of carboxylic acids is 1. The number of carbonyl (C=O) groups is 1. The minimum absolute atomic E-state index is 0.353. The Labute approximate surface area is 90.9 Å². The van der Waals surface area contributed by atoms with Crippen molar-refractivity contribution in [1.29, 1.82) is 0 Å². The first-order valence-electron chi connectivity index (χ1n) is 4.42. The molecule has 0 spiro atoms. The van der Waals surface area contributed by atoms with Gasteiger partial charge in [0.2, 0.25) is 0 Å². The predicted molar refractivity (Wildman–Crippen MR) is 59.8 cm³/mol.